The Morgan fingerprint density at radius 3 is 2.26 bits per heavy atom. The number of rotatable bonds is 3. The SMILES string of the molecule is O=C(c1ccc(C(F)(F)F)cc1)N1CCN(S(=O)(=O)c2ccc3[nH]c(=O)sc3c2)CC1. The van der Waals surface area contributed by atoms with Crippen molar-refractivity contribution in [3.63, 3.8) is 0 Å². The summed E-state index contributed by atoms with van der Waals surface area (Å²) < 4.78 is 65.7. The highest BCUT2D eigenvalue weighted by molar-refractivity contribution is 7.89. The van der Waals surface area contributed by atoms with E-state index >= 15 is 0 Å². The maximum absolute atomic E-state index is 12.9. The first-order valence-corrected chi connectivity index (χ1v) is 11.4. The highest BCUT2D eigenvalue weighted by Crippen LogP contribution is 2.29. The summed E-state index contributed by atoms with van der Waals surface area (Å²) in [7, 11) is -3.82. The number of amides is 1. The van der Waals surface area contributed by atoms with Crippen molar-refractivity contribution < 1.29 is 26.4 Å². The number of H-pyrrole nitrogens is 1. The van der Waals surface area contributed by atoms with Crippen molar-refractivity contribution in [2.45, 2.75) is 11.1 Å². The fourth-order valence-corrected chi connectivity index (χ4v) is 5.65. The molecule has 12 heteroatoms. The molecule has 1 aliphatic rings. The first-order chi connectivity index (χ1) is 14.6. The first kappa shape index (κ1) is 21.5. The molecule has 2 aromatic carbocycles. The predicted molar refractivity (Wildman–Crippen MR) is 109 cm³/mol. The number of aromatic amines is 1. The van der Waals surface area contributed by atoms with Gasteiger partial charge in [-0.1, -0.05) is 11.3 Å². The molecule has 1 fully saturated rings. The molecule has 0 bridgehead atoms. The topological polar surface area (TPSA) is 90.6 Å². The van der Waals surface area contributed by atoms with Crippen LogP contribution in [0.25, 0.3) is 10.2 Å². The van der Waals surface area contributed by atoms with E-state index in [1.807, 2.05) is 0 Å². The Morgan fingerprint density at radius 1 is 1.00 bits per heavy atom. The third-order valence-electron chi connectivity index (χ3n) is 5.02. The van der Waals surface area contributed by atoms with Gasteiger partial charge in [0, 0.05) is 31.7 Å². The molecule has 31 heavy (non-hydrogen) atoms. The van der Waals surface area contributed by atoms with Gasteiger partial charge in [-0.05, 0) is 42.5 Å². The van der Waals surface area contributed by atoms with E-state index in [2.05, 4.69) is 4.98 Å². The van der Waals surface area contributed by atoms with Crippen LogP contribution >= 0.6 is 11.3 Å². The lowest BCUT2D eigenvalue weighted by Crippen LogP contribution is -2.50. The summed E-state index contributed by atoms with van der Waals surface area (Å²) in [5.74, 6) is -0.454. The van der Waals surface area contributed by atoms with Gasteiger partial charge in [0.1, 0.15) is 0 Å². The van der Waals surface area contributed by atoms with Crippen LogP contribution in [0, 0.1) is 0 Å². The van der Waals surface area contributed by atoms with Crippen molar-refractivity contribution in [1.29, 1.82) is 0 Å². The summed E-state index contributed by atoms with van der Waals surface area (Å²) in [6, 6.07) is 8.31. The minimum atomic E-state index is -4.49. The number of halogens is 3. The van der Waals surface area contributed by atoms with Crippen LogP contribution in [-0.4, -0.2) is 54.7 Å². The lowest BCUT2D eigenvalue weighted by atomic mass is 10.1. The molecule has 164 valence electrons. The van der Waals surface area contributed by atoms with Crippen LogP contribution in [0.4, 0.5) is 13.2 Å². The number of hydrogen-bond donors (Lipinski definition) is 1. The average molecular weight is 471 g/mol. The number of alkyl halides is 3. The fourth-order valence-electron chi connectivity index (χ4n) is 3.35. The molecular formula is C19H16F3N3O4S2. The molecule has 1 saturated heterocycles. The smallest absolute Gasteiger partial charge is 0.336 e. The molecule has 4 rings (SSSR count). The van der Waals surface area contributed by atoms with Crippen LogP contribution in [0.2, 0.25) is 0 Å². The Balaban J connectivity index is 1.45. The number of aromatic nitrogens is 1. The van der Waals surface area contributed by atoms with Gasteiger partial charge in [0.25, 0.3) is 5.91 Å². The normalized spacial score (nSPS) is 16.0. The van der Waals surface area contributed by atoms with E-state index in [0.29, 0.717) is 10.2 Å². The first-order valence-electron chi connectivity index (χ1n) is 9.15. The quantitative estimate of drug-likeness (QED) is 0.636. The Bertz CT molecular complexity index is 1290. The zero-order valence-electron chi connectivity index (χ0n) is 15.8. The maximum Gasteiger partial charge on any atom is 0.416 e. The highest BCUT2D eigenvalue weighted by atomic mass is 32.2. The number of carbonyl (C=O) groups is 1. The van der Waals surface area contributed by atoms with Crippen molar-refractivity contribution in [2.75, 3.05) is 26.2 Å². The molecule has 2 heterocycles. The molecule has 0 saturated carbocycles. The molecule has 1 aromatic heterocycles. The third kappa shape index (κ3) is 4.23. The zero-order valence-corrected chi connectivity index (χ0v) is 17.5. The molecule has 7 nitrogen and oxygen atoms in total. The maximum atomic E-state index is 12.9. The van der Waals surface area contributed by atoms with Gasteiger partial charge < -0.3 is 9.88 Å². The Labute approximate surface area is 178 Å². The van der Waals surface area contributed by atoms with Crippen molar-refractivity contribution in [3.05, 3.63) is 63.3 Å². The van der Waals surface area contributed by atoms with Crippen molar-refractivity contribution in [1.82, 2.24) is 14.2 Å². The average Bonchev–Trinajstić information content (AvgIpc) is 3.12. The second kappa shape index (κ2) is 7.77. The van der Waals surface area contributed by atoms with Crippen LogP contribution in [0.15, 0.2) is 52.2 Å². The van der Waals surface area contributed by atoms with Crippen LogP contribution < -0.4 is 4.87 Å². The number of nitrogens with zero attached hydrogens (tertiary/aromatic N) is 2. The number of piperazine rings is 1. The van der Waals surface area contributed by atoms with Crippen molar-refractivity contribution in [2.24, 2.45) is 0 Å². The van der Waals surface area contributed by atoms with Crippen molar-refractivity contribution >= 4 is 37.5 Å². The molecule has 1 aliphatic heterocycles. The Kier molecular flexibility index (Phi) is 5.40. The Hall–Kier alpha value is -2.70. The summed E-state index contributed by atoms with van der Waals surface area (Å²) in [4.78, 5) is 27.8. The van der Waals surface area contributed by atoms with E-state index in [1.54, 1.807) is 0 Å². The van der Waals surface area contributed by atoms with Gasteiger partial charge in [0.15, 0.2) is 0 Å². The van der Waals surface area contributed by atoms with Gasteiger partial charge in [0.05, 0.1) is 20.7 Å². The van der Waals surface area contributed by atoms with Gasteiger partial charge in [-0.15, -0.1) is 0 Å². The second-order valence-corrected chi connectivity index (χ2v) is 9.90. The number of benzene rings is 2. The minimum Gasteiger partial charge on any atom is -0.336 e. The monoisotopic (exact) mass is 471 g/mol. The largest absolute Gasteiger partial charge is 0.416 e. The zero-order chi connectivity index (χ0) is 22.4. The number of fused-ring (bicyclic) bond motifs is 1. The lowest BCUT2D eigenvalue weighted by molar-refractivity contribution is -0.137. The highest BCUT2D eigenvalue weighted by Gasteiger charge is 2.32. The van der Waals surface area contributed by atoms with E-state index in [0.717, 1.165) is 35.6 Å². The van der Waals surface area contributed by atoms with E-state index < -0.39 is 27.7 Å². The summed E-state index contributed by atoms with van der Waals surface area (Å²) in [5.41, 5.74) is -0.178. The van der Waals surface area contributed by atoms with E-state index in [4.69, 9.17) is 0 Å². The standard InChI is InChI=1S/C19H16F3N3O4S2/c20-19(21,22)13-3-1-12(2-4-13)17(26)24-7-9-25(10-8-24)31(28,29)14-5-6-15-16(11-14)30-18(27)23-15/h1-6,11H,7-10H2,(H,23,27). The lowest BCUT2D eigenvalue weighted by Gasteiger charge is -2.34. The van der Waals surface area contributed by atoms with Gasteiger partial charge in [0.2, 0.25) is 10.0 Å². The molecule has 0 unspecified atom stereocenters. The van der Waals surface area contributed by atoms with Crippen molar-refractivity contribution in [3.8, 4) is 0 Å². The summed E-state index contributed by atoms with van der Waals surface area (Å²) in [6.45, 7) is 0.323. The molecule has 1 N–H and O–H groups in total. The predicted octanol–water partition coefficient (Wildman–Crippen LogP) is 2.76. The number of thiazole rings is 1. The number of nitrogens with one attached hydrogen (secondary N) is 1. The van der Waals surface area contributed by atoms with E-state index in [-0.39, 0.29) is 41.5 Å². The number of hydrogen-bond acceptors (Lipinski definition) is 5. The fraction of sp³-hybridized carbons (Fsp3) is 0.263. The van der Waals surface area contributed by atoms with Gasteiger partial charge in [-0.25, -0.2) is 8.42 Å². The Morgan fingerprint density at radius 2 is 1.65 bits per heavy atom. The molecule has 0 spiro atoms. The van der Waals surface area contributed by atoms with Crippen LogP contribution in [-0.2, 0) is 16.2 Å². The van der Waals surface area contributed by atoms with E-state index in [9.17, 15) is 31.2 Å². The second-order valence-electron chi connectivity index (χ2n) is 6.94. The summed E-state index contributed by atoms with van der Waals surface area (Å²) in [6.07, 6.45) is -4.49. The summed E-state index contributed by atoms with van der Waals surface area (Å²) in [5, 5.41) is 0. The van der Waals surface area contributed by atoms with Crippen LogP contribution in [0.3, 0.4) is 0 Å². The van der Waals surface area contributed by atoms with Gasteiger partial charge in [-0.2, -0.15) is 17.5 Å². The molecule has 0 aliphatic carbocycles. The molecule has 3 aromatic rings. The van der Waals surface area contributed by atoms with Gasteiger partial charge in [-0.3, -0.25) is 9.59 Å². The summed E-state index contributed by atoms with van der Waals surface area (Å²) >= 11 is 0.916. The molecule has 1 amide bonds. The minimum absolute atomic E-state index is 0.0517. The third-order valence-corrected chi connectivity index (χ3v) is 7.76. The molecule has 0 radical (unpaired) electrons. The van der Waals surface area contributed by atoms with Crippen LogP contribution in [0.5, 0.6) is 0 Å². The van der Waals surface area contributed by atoms with E-state index in [1.165, 1.54) is 27.4 Å². The number of sulfonamides is 1. The van der Waals surface area contributed by atoms with Crippen LogP contribution in [0.1, 0.15) is 15.9 Å². The molecular weight excluding hydrogens is 455 g/mol. The van der Waals surface area contributed by atoms with Gasteiger partial charge >= 0.3 is 11.0 Å². The molecule has 0 atom stereocenters. The number of carbonyl (C=O) groups excluding carboxylic acids is 1.